The third-order valence-electron chi connectivity index (χ3n) is 3.93. The summed E-state index contributed by atoms with van der Waals surface area (Å²) in [6, 6.07) is 4.04. The quantitative estimate of drug-likeness (QED) is 0.788. The molecule has 24 heavy (non-hydrogen) atoms. The van der Waals surface area contributed by atoms with Crippen molar-refractivity contribution in [3.8, 4) is 11.5 Å². The van der Waals surface area contributed by atoms with E-state index in [1.165, 1.54) is 24.6 Å². The number of sulfonamides is 1. The molecule has 2 rings (SSSR count). The van der Waals surface area contributed by atoms with Gasteiger partial charge in [0, 0.05) is 32.2 Å². The Labute approximate surface area is 142 Å². The monoisotopic (exact) mass is 357 g/mol. The summed E-state index contributed by atoms with van der Waals surface area (Å²) >= 11 is 0. The minimum atomic E-state index is -3.75. The highest BCUT2D eigenvalue weighted by Crippen LogP contribution is 2.31. The zero-order valence-electron chi connectivity index (χ0n) is 14.1. The zero-order valence-corrected chi connectivity index (χ0v) is 14.9. The highest BCUT2D eigenvalue weighted by Gasteiger charge is 2.32. The third-order valence-corrected chi connectivity index (χ3v) is 5.85. The van der Waals surface area contributed by atoms with E-state index in [9.17, 15) is 13.2 Å². The maximum absolute atomic E-state index is 12.9. The molecule has 1 heterocycles. The molecule has 1 saturated heterocycles. The Morgan fingerprint density at radius 3 is 2.29 bits per heavy atom. The van der Waals surface area contributed by atoms with Crippen LogP contribution in [-0.2, 0) is 14.8 Å². The van der Waals surface area contributed by atoms with E-state index in [1.807, 2.05) is 0 Å². The zero-order chi connectivity index (χ0) is 17.9. The minimum Gasteiger partial charge on any atom is -0.497 e. The van der Waals surface area contributed by atoms with Crippen LogP contribution < -0.4 is 15.2 Å². The molecule has 1 aliphatic rings. The van der Waals surface area contributed by atoms with Crippen molar-refractivity contribution in [2.45, 2.75) is 17.9 Å². The lowest BCUT2D eigenvalue weighted by atomic mass is 10.2. The fraction of sp³-hybridized carbons (Fsp3) is 0.533. The van der Waals surface area contributed by atoms with Crippen LogP contribution in [0.4, 0.5) is 0 Å². The molecule has 134 valence electrons. The van der Waals surface area contributed by atoms with E-state index in [2.05, 4.69) is 0 Å². The topological polar surface area (TPSA) is 102 Å². The second-order valence-electron chi connectivity index (χ2n) is 5.53. The Morgan fingerprint density at radius 2 is 1.79 bits per heavy atom. The Kier molecular flexibility index (Phi) is 5.68. The van der Waals surface area contributed by atoms with Crippen molar-refractivity contribution in [2.75, 3.05) is 40.4 Å². The number of ether oxygens (including phenoxy) is 2. The van der Waals surface area contributed by atoms with Crippen LogP contribution in [-0.4, -0.2) is 70.0 Å². The summed E-state index contributed by atoms with van der Waals surface area (Å²) in [5.74, 6) is 0.510. The molecule has 0 saturated carbocycles. The molecule has 1 unspecified atom stereocenters. The second-order valence-corrected chi connectivity index (χ2v) is 7.44. The molecule has 0 bridgehead atoms. The molecule has 1 aromatic carbocycles. The summed E-state index contributed by atoms with van der Waals surface area (Å²) in [7, 11) is -0.862. The van der Waals surface area contributed by atoms with Gasteiger partial charge >= 0.3 is 0 Å². The largest absolute Gasteiger partial charge is 0.497 e. The average molecular weight is 357 g/mol. The van der Waals surface area contributed by atoms with E-state index in [-0.39, 0.29) is 29.6 Å². The number of carbonyl (C=O) groups is 1. The SMILES string of the molecule is COc1ccc(OC)c(S(=O)(=O)N2CCN(C(=O)C(C)N)CC2)c1. The van der Waals surface area contributed by atoms with Crippen LogP contribution >= 0.6 is 0 Å². The van der Waals surface area contributed by atoms with Crippen molar-refractivity contribution in [2.24, 2.45) is 5.73 Å². The molecule has 1 aromatic rings. The van der Waals surface area contributed by atoms with Gasteiger partial charge in [0.15, 0.2) is 0 Å². The molecular weight excluding hydrogens is 334 g/mol. The van der Waals surface area contributed by atoms with Gasteiger partial charge in [0.1, 0.15) is 16.4 Å². The summed E-state index contributed by atoms with van der Waals surface area (Å²) in [6.45, 7) is 2.66. The maximum Gasteiger partial charge on any atom is 0.247 e. The molecule has 8 nitrogen and oxygen atoms in total. The summed E-state index contributed by atoms with van der Waals surface area (Å²) in [6.07, 6.45) is 0. The number of methoxy groups -OCH3 is 2. The number of hydrogen-bond donors (Lipinski definition) is 1. The first-order valence-electron chi connectivity index (χ1n) is 7.57. The molecule has 2 N–H and O–H groups in total. The Balaban J connectivity index is 2.22. The molecule has 0 radical (unpaired) electrons. The summed E-state index contributed by atoms with van der Waals surface area (Å²) < 4.78 is 37.4. The van der Waals surface area contributed by atoms with Crippen LogP contribution in [0.5, 0.6) is 11.5 Å². The summed E-state index contributed by atoms with van der Waals surface area (Å²) in [4.78, 5) is 13.5. The molecule has 9 heteroatoms. The fourth-order valence-electron chi connectivity index (χ4n) is 2.56. The van der Waals surface area contributed by atoms with Crippen molar-refractivity contribution in [3.63, 3.8) is 0 Å². The lowest BCUT2D eigenvalue weighted by Crippen LogP contribution is -2.53. The van der Waals surface area contributed by atoms with Gasteiger partial charge < -0.3 is 20.1 Å². The number of carbonyl (C=O) groups excluding carboxylic acids is 1. The first-order valence-corrected chi connectivity index (χ1v) is 9.01. The van der Waals surface area contributed by atoms with Crippen LogP contribution in [0.25, 0.3) is 0 Å². The van der Waals surface area contributed by atoms with E-state index < -0.39 is 16.1 Å². The van der Waals surface area contributed by atoms with Crippen LogP contribution in [0.15, 0.2) is 23.1 Å². The smallest absolute Gasteiger partial charge is 0.247 e. The van der Waals surface area contributed by atoms with Crippen molar-refractivity contribution in [1.82, 2.24) is 9.21 Å². The molecule has 1 amide bonds. The van der Waals surface area contributed by atoms with Crippen LogP contribution in [0.2, 0.25) is 0 Å². The van der Waals surface area contributed by atoms with Crippen LogP contribution in [0.1, 0.15) is 6.92 Å². The molecule has 1 fully saturated rings. The van der Waals surface area contributed by atoms with Crippen molar-refractivity contribution >= 4 is 15.9 Å². The Bertz CT molecular complexity index is 697. The average Bonchev–Trinajstić information content (AvgIpc) is 2.60. The summed E-state index contributed by atoms with van der Waals surface area (Å²) in [5.41, 5.74) is 5.59. The van der Waals surface area contributed by atoms with E-state index in [1.54, 1.807) is 24.0 Å². The van der Waals surface area contributed by atoms with Gasteiger partial charge in [0.2, 0.25) is 15.9 Å². The van der Waals surface area contributed by atoms with Gasteiger partial charge in [-0.05, 0) is 19.1 Å². The minimum absolute atomic E-state index is 0.0521. The number of nitrogens with zero attached hydrogens (tertiary/aromatic N) is 2. The fourth-order valence-corrected chi connectivity index (χ4v) is 4.15. The van der Waals surface area contributed by atoms with Gasteiger partial charge in [-0.2, -0.15) is 4.31 Å². The number of benzene rings is 1. The van der Waals surface area contributed by atoms with Crippen LogP contribution in [0.3, 0.4) is 0 Å². The molecular formula is C15H23N3O5S. The van der Waals surface area contributed by atoms with E-state index >= 15 is 0 Å². The lowest BCUT2D eigenvalue weighted by molar-refractivity contribution is -0.133. The molecule has 0 aliphatic carbocycles. The molecule has 1 atom stereocenters. The van der Waals surface area contributed by atoms with Gasteiger partial charge in [0.25, 0.3) is 0 Å². The van der Waals surface area contributed by atoms with Gasteiger partial charge in [-0.25, -0.2) is 8.42 Å². The van der Waals surface area contributed by atoms with Crippen molar-refractivity contribution in [3.05, 3.63) is 18.2 Å². The van der Waals surface area contributed by atoms with Gasteiger partial charge in [-0.3, -0.25) is 4.79 Å². The normalized spacial score (nSPS) is 17.4. The number of piperazine rings is 1. The summed E-state index contributed by atoms with van der Waals surface area (Å²) in [5, 5.41) is 0. The van der Waals surface area contributed by atoms with Gasteiger partial charge in [0.05, 0.1) is 20.3 Å². The first-order chi connectivity index (χ1) is 11.3. The number of rotatable bonds is 5. The number of amides is 1. The van der Waals surface area contributed by atoms with Gasteiger partial charge in [-0.15, -0.1) is 0 Å². The molecule has 0 spiro atoms. The predicted molar refractivity (Wildman–Crippen MR) is 88.5 cm³/mol. The highest BCUT2D eigenvalue weighted by atomic mass is 32.2. The van der Waals surface area contributed by atoms with Crippen molar-refractivity contribution < 1.29 is 22.7 Å². The Hall–Kier alpha value is -1.84. The molecule has 1 aliphatic heterocycles. The number of nitrogens with two attached hydrogens (primary N) is 1. The van der Waals surface area contributed by atoms with Gasteiger partial charge in [-0.1, -0.05) is 0 Å². The van der Waals surface area contributed by atoms with E-state index in [0.29, 0.717) is 18.8 Å². The van der Waals surface area contributed by atoms with E-state index in [4.69, 9.17) is 15.2 Å². The molecule has 0 aromatic heterocycles. The predicted octanol–water partition coefficient (Wildman–Crippen LogP) is -0.116. The standard InChI is InChI=1S/C15H23N3O5S/c1-11(16)15(19)17-6-8-18(9-7-17)24(20,21)14-10-12(22-2)4-5-13(14)23-3/h4-5,10-11H,6-9,16H2,1-3H3. The third kappa shape index (κ3) is 3.63. The second kappa shape index (κ2) is 7.37. The first kappa shape index (κ1) is 18.5. The van der Waals surface area contributed by atoms with Crippen molar-refractivity contribution in [1.29, 1.82) is 0 Å². The van der Waals surface area contributed by atoms with E-state index in [0.717, 1.165) is 0 Å². The number of hydrogen-bond acceptors (Lipinski definition) is 6. The lowest BCUT2D eigenvalue weighted by Gasteiger charge is -2.35. The Morgan fingerprint density at radius 1 is 1.17 bits per heavy atom. The maximum atomic E-state index is 12.9. The highest BCUT2D eigenvalue weighted by molar-refractivity contribution is 7.89. The van der Waals surface area contributed by atoms with Crippen LogP contribution in [0, 0.1) is 0 Å².